The zero-order valence-electron chi connectivity index (χ0n) is 15.1. The first-order valence-corrected chi connectivity index (χ1v) is 8.17. The maximum Gasteiger partial charge on any atom is 0.240 e. The van der Waals surface area contributed by atoms with E-state index < -0.39 is 0 Å². The highest BCUT2D eigenvalue weighted by Gasteiger charge is 2.18. The van der Waals surface area contributed by atoms with E-state index in [1.54, 1.807) is 7.11 Å². The molecular weight excluding hydrogens is 316 g/mol. The second-order valence-corrected chi connectivity index (χ2v) is 5.91. The van der Waals surface area contributed by atoms with E-state index in [9.17, 15) is 9.59 Å². The van der Waals surface area contributed by atoms with Crippen molar-refractivity contribution in [3.63, 3.8) is 0 Å². The van der Waals surface area contributed by atoms with Crippen LogP contribution in [-0.4, -0.2) is 25.5 Å². The van der Waals surface area contributed by atoms with E-state index in [2.05, 4.69) is 5.32 Å². The van der Waals surface area contributed by atoms with E-state index in [1.165, 1.54) is 11.8 Å². The van der Waals surface area contributed by atoms with Crippen LogP contribution in [0.4, 0.5) is 5.69 Å². The second kappa shape index (κ2) is 8.33. The van der Waals surface area contributed by atoms with Gasteiger partial charge in [-0.15, -0.1) is 0 Å². The number of amides is 2. The highest BCUT2D eigenvalue weighted by Crippen LogP contribution is 2.23. The van der Waals surface area contributed by atoms with Gasteiger partial charge >= 0.3 is 0 Å². The number of carbonyl (C=O) groups is 2. The van der Waals surface area contributed by atoms with Gasteiger partial charge in [0.2, 0.25) is 11.8 Å². The van der Waals surface area contributed by atoms with Crippen molar-refractivity contribution in [1.82, 2.24) is 5.32 Å². The van der Waals surface area contributed by atoms with Gasteiger partial charge in [0, 0.05) is 24.7 Å². The number of nitrogens with one attached hydrogen (secondary N) is 1. The molecule has 0 fully saturated rings. The Morgan fingerprint density at radius 3 is 2.48 bits per heavy atom. The third-order valence-corrected chi connectivity index (χ3v) is 4.22. The SMILES string of the molecule is COc1ccccc1CNC(=O)CN(C(C)=O)c1cccc(C)c1C. The zero-order valence-corrected chi connectivity index (χ0v) is 15.1. The van der Waals surface area contributed by atoms with E-state index >= 15 is 0 Å². The minimum atomic E-state index is -0.220. The quantitative estimate of drug-likeness (QED) is 0.879. The Hall–Kier alpha value is -2.82. The number of carbonyl (C=O) groups excluding carboxylic acids is 2. The molecule has 0 heterocycles. The average Bonchev–Trinajstić information content (AvgIpc) is 2.60. The lowest BCUT2D eigenvalue weighted by Crippen LogP contribution is -2.40. The lowest BCUT2D eigenvalue weighted by molar-refractivity contribution is -0.123. The molecule has 0 aromatic heterocycles. The summed E-state index contributed by atoms with van der Waals surface area (Å²) in [4.78, 5) is 25.9. The van der Waals surface area contributed by atoms with Crippen LogP contribution in [0.2, 0.25) is 0 Å². The fourth-order valence-electron chi connectivity index (χ4n) is 2.64. The summed E-state index contributed by atoms with van der Waals surface area (Å²) in [5.41, 5.74) is 3.73. The fourth-order valence-corrected chi connectivity index (χ4v) is 2.64. The largest absolute Gasteiger partial charge is 0.496 e. The highest BCUT2D eigenvalue weighted by molar-refractivity contribution is 5.98. The third kappa shape index (κ3) is 4.59. The first-order valence-electron chi connectivity index (χ1n) is 8.17. The van der Waals surface area contributed by atoms with Crippen LogP contribution in [0.15, 0.2) is 42.5 Å². The van der Waals surface area contributed by atoms with E-state index in [0.29, 0.717) is 6.54 Å². The summed E-state index contributed by atoms with van der Waals surface area (Å²) < 4.78 is 5.28. The Morgan fingerprint density at radius 1 is 1.08 bits per heavy atom. The lowest BCUT2D eigenvalue weighted by Gasteiger charge is -2.23. The number of anilines is 1. The van der Waals surface area contributed by atoms with Crippen molar-refractivity contribution in [2.75, 3.05) is 18.6 Å². The van der Waals surface area contributed by atoms with Crippen LogP contribution in [0, 0.1) is 13.8 Å². The van der Waals surface area contributed by atoms with Crippen molar-refractivity contribution in [3.05, 3.63) is 59.2 Å². The molecule has 5 heteroatoms. The smallest absolute Gasteiger partial charge is 0.240 e. The molecule has 2 amide bonds. The minimum Gasteiger partial charge on any atom is -0.496 e. The summed E-state index contributed by atoms with van der Waals surface area (Å²) in [5.74, 6) is 0.337. The van der Waals surface area contributed by atoms with Crippen LogP contribution in [0.1, 0.15) is 23.6 Å². The molecule has 0 unspecified atom stereocenters. The van der Waals surface area contributed by atoms with E-state index in [4.69, 9.17) is 4.74 Å². The van der Waals surface area contributed by atoms with Gasteiger partial charge in [0.05, 0.1) is 7.11 Å². The number of rotatable bonds is 6. The van der Waals surface area contributed by atoms with Gasteiger partial charge in [-0.2, -0.15) is 0 Å². The Kier molecular flexibility index (Phi) is 6.17. The Morgan fingerprint density at radius 2 is 1.80 bits per heavy atom. The van der Waals surface area contributed by atoms with Gasteiger partial charge < -0.3 is 15.0 Å². The molecule has 0 aliphatic rings. The van der Waals surface area contributed by atoms with Crippen molar-refractivity contribution in [3.8, 4) is 5.75 Å². The fraction of sp³-hybridized carbons (Fsp3) is 0.300. The normalized spacial score (nSPS) is 10.2. The molecule has 0 atom stereocenters. The standard InChI is InChI=1S/C20H24N2O3/c1-14-8-7-10-18(15(14)2)22(16(3)23)13-20(24)21-12-17-9-5-6-11-19(17)25-4/h5-11H,12-13H2,1-4H3,(H,21,24). The second-order valence-electron chi connectivity index (χ2n) is 5.91. The van der Waals surface area contributed by atoms with Crippen molar-refractivity contribution in [2.24, 2.45) is 0 Å². The van der Waals surface area contributed by atoms with E-state index in [-0.39, 0.29) is 18.4 Å². The van der Waals surface area contributed by atoms with Gasteiger partial charge in [0.25, 0.3) is 0 Å². The van der Waals surface area contributed by atoms with Crippen molar-refractivity contribution in [2.45, 2.75) is 27.3 Å². The van der Waals surface area contributed by atoms with E-state index in [0.717, 1.165) is 28.1 Å². The van der Waals surface area contributed by atoms with Crippen molar-refractivity contribution in [1.29, 1.82) is 0 Å². The number of aryl methyl sites for hydroxylation is 1. The monoisotopic (exact) mass is 340 g/mol. The topological polar surface area (TPSA) is 58.6 Å². The predicted octanol–water partition coefficient (Wildman–Crippen LogP) is 2.98. The molecule has 0 spiro atoms. The first-order chi connectivity index (χ1) is 11.9. The van der Waals surface area contributed by atoms with Crippen LogP contribution in [-0.2, 0) is 16.1 Å². The lowest BCUT2D eigenvalue weighted by atomic mass is 10.1. The number of ether oxygens (including phenoxy) is 1. The van der Waals surface area contributed by atoms with Crippen molar-refractivity contribution < 1.29 is 14.3 Å². The Balaban J connectivity index is 2.08. The summed E-state index contributed by atoms with van der Waals surface area (Å²) in [6.07, 6.45) is 0. The molecular formula is C20H24N2O3. The van der Waals surface area contributed by atoms with Crippen LogP contribution in [0.25, 0.3) is 0 Å². The molecule has 2 aromatic rings. The molecule has 2 rings (SSSR count). The summed E-state index contributed by atoms with van der Waals surface area (Å²) in [5, 5.41) is 2.85. The number of hydrogen-bond donors (Lipinski definition) is 1. The number of para-hydroxylation sites is 1. The summed E-state index contributed by atoms with van der Waals surface area (Å²) in [7, 11) is 1.60. The number of nitrogens with zero attached hydrogens (tertiary/aromatic N) is 1. The number of hydrogen-bond acceptors (Lipinski definition) is 3. The highest BCUT2D eigenvalue weighted by atomic mass is 16.5. The summed E-state index contributed by atoms with van der Waals surface area (Å²) in [6.45, 7) is 5.73. The molecule has 0 saturated heterocycles. The van der Waals surface area contributed by atoms with Gasteiger partial charge in [-0.25, -0.2) is 0 Å². The van der Waals surface area contributed by atoms with Crippen LogP contribution >= 0.6 is 0 Å². The van der Waals surface area contributed by atoms with Gasteiger partial charge in [0.15, 0.2) is 0 Å². The molecule has 132 valence electrons. The van der Waals surface area contributed by atoms with Crippen LogP contribution < -0.4 is 15.0 Å². The molecule has 1 N–H and O–H groups in total. The molecule has 5 nitrogen and oxygen atoms in total. The first kappa shape index (κ1) is 18.5. The Labute approximate surface area is 148 Å². The minimum absolute atomic E-state index is 0.0191. The molecule has 0 aliphatic heterocycles. The average molecular weight is 340 g/mol. The molecule has 0 bridgehead atoms. The van der Waals surface area contributed by atoms with Crippen molar-refractivity contribution >= 4 is 17.5 Å². The van der Waals surface area contributed by atoms with Gasteiger partial charge in [0.1, 0.15) is 12.3 Å². The van der Waals surface area contributed by atoms with Gasteiger partial charge in [-0.05, 0) is 37.1 Å². The molecule has 2 aromatic carbocycles. The van der Waals surface area contributed by atoms with Crippen LogP contribution in [0.5, 0.6) is 5.75 Å². The van der Waals surface area contributed by atoms with Gasteiger partial charge in [-0.1, -0.05) is 30.3 Å². The number of benzene rings is 2. The third-order valence-electron chi connectivity index (χ3n) is 4.22. The number of methoxy groups -OCH3 is 1. The van der Waals surface area contributed by atoms with Crippen LogP contribution in [0.3, 0.4) is 0 Å². The molecule has 0 aliphatic carbocycles. The molecule has 0 saturated carbocycles. The summed E-state index contributed by atoms with van der Waals surface area (Å²) in [6, 6.07) is 13.2. The maximum atomic E-state index is 12.4. The Bertz CT molecular complexity index is 771. The summed E-state index contributed by atoms with van der Waals surface area (Å²) >= 11 is 0. The van der Waals surface area contributed by atoms with Gasteiger partial charge in [-0.3, -0.25) is 9.59 Å². The predicted molar refractivity (Wildman–Crippen MR) is 98.8 cm³/mol. The molecule has 0 radical (unpaired) electrons. The molecule has 25 heavy (non-hydrogen) atoms. The van der Waals surface area contributed by atoms with E-state index in [1.807, 2.05) is 56.3 Å². The maximum absolute atomic E-state index is 12.4. The zero-order chi connectivity index (χ0) is 18.4.